The van der Waals surface area contributed by atoms with Crippen LogP contribution in [0.5, 0.6) is 5.75 Å². The molecule has 0 aliphatic carbocycles. The fourth-order valence-corrected chi connectivity index (χ4v) is 2.92. The van der Waals surface area contributed by atoms with Gasteiger partial charge >= 0.3 is 0 Å². The van der Waals surface area contributed by atoms with Gasteiger partial charge in [0, 0.05) is 30.9 Å². The third-order valence-corrected chi connectivity index (χ3v) is 4.29. The molecule has 0 radical (unpaired) electrons. The average molecular weight is 353 g/mol. The summed E-state index contributed by atoms with van der Waals surface area (Å²) in [5, 5.41) is 5.65. The number of benzene rings is 2. The first-order valence-electron chi connectivity index (χ1n) is 8.73. The lowest BCUT2D eigenvalue weighted by atomic mass is 10.1. The van der Waals surface area contributed by atoms with Crippen LogP contribution in [-0.2, 0) is 4.79 Å². The average Bonchev–Trinajstić information content (AvgIpc) is 2.64. The normalized spacial score (nSPS) is 12.6. The molecule has 0 atom stereocenters. The zero-order valence-electron chi connectivity index (χ0n) is 15.0. The number of anilines is 2. The number of nitrogens with one attached hydrogen (secondary N) is 2. The van der Waals surface area contributed by atoms with Crippen LogP contribution in [0.4, 0.5) is 11.4 Å². The van der Waals surface area contributed by atoms with E-state index in [1.54, 1.807) is 18.2 Å². The van der Waals surface area contributed by atoms with E-state index in [9.17, 15) is 9.59 Å². The highest BCUT2D eigenvalue weighted by molar-refractivity contribution is 5.99. The Morgan fingerprint density at radius 3 is 2.88 bits per heavy atom. The summed E-state index contributed by atoms with van der Waals surface area (Å²) in [6, 6.07) is 13.3. The van der Waals surface area contributed by atoms with E-state index in [1.807, 2.05) is 6.07 Å². The van der Waals surface area contributed by atoms with Crippen molar-refractivity contribution in [1.82, 2.24) is 5.32 Å². The zero-order valence-corrected chi connectivity index (χ0v) is 15.0. The van der Waals surface area contributed by atoms with Crippen LogP contribution < -0.4 is 20.3 Å². The topological polar surface area (TPSA) is 70.7 Å². The van der Waals surface area contributed by atoms with Gasteiger partial charge in [0.15, 0.2) is 6.61 Å². The number of ether oxygens (including phenoxy) is 1. The van der Waals surface area contributed by atoms with Crippen LogP contribution >= 0.6 is 0 Å². The summed E-state index contributed by atoms with van der Waals surface area (Å²) >= 11 is 0. The maximum absolute atomic E-state index is 12.4. The summed E-state index contributed by atoms with van der Waals surface area (Å²) in [7, 11) is 0. The van der Waals surface area contributed by atoms with E-state index in [4.69, 9.17) is 4.74 Å². The predicted molar refractivity (Wildman–Crippen MR) is 102 cm³/mol. The standard InChI is InChI=1S/C20H23N3O3/c1-3-23(16-6-4-5-14(2)11-16)10-9-21-20(25)15-7-8-17-18(12-15)26-13-19(24)22-17/h4-8,11-12H,3,9-10,13H2,1-2H3,(H,21,25)(H,22,24). The molecule has 0 saturated heterocycles. The van der Waals surface area contributed by atoms with E-state index in [-0.39, 0.29) is 18.4 Å². The molecule has 0 saturated carbocycles. The molecule has 0 bridgehead atoms. The van der Waals surface area contributed by atoms with Crippen molar-refractivity contribution in [2.24, 2.45) is 0 Å². The van der Waals surface area contributed by atoms with Gasteiger partial charge in [0.25, 0.3) is 11.8 Å². The van der Waals surface area contributed by atoms with Crippen molar-refractivity contribution in [2.45, 2.75) is 13.8 Å². The number of rotatable bonds is 6. The second-order valence-electron chi connectivity index (χ2n) is 6.22. The molecule has 6 nitrogen and oxygen atoms in total. The Labute approximate surface area is 153 Å². The summed E-state index contributed by atoms with van der Waals surface area (Å²) in [5.41, 5.74) is 3.47. The number of hydrogen-bond acceptors (Lipinski definition) is 4. The van der Waals surface area contributed by atoms with Gasteiger partial charge in [-0.2, -0.15) is 0 Å². The van der Waals surface area contributed by atoms with Crippen molar-refractivity contribution in [2.75, 3.05) is 36.5 Å². The largest absolute Gasteiger partial charge is 0.482 e. The highest BCUT2D eigenvalue weighted by Crippen LogP contribution is 2.28. The van der Waals surface area contributed by atoms with Crippen molar-refractivity contribution in [3.8, 4) is 5.75 Å². The Bertz CT molecular complexity index is 820. The van der Waals surface area contributed by atoms with Crippen LogP contribution in [0, 0.1) is 6.92 Å². The zero-order chi connectivity index (χ0) is 18.5. The molecule has 0 unspecified atom stereocenters. The Balaban J connectivity index is 1.57. The van der Waals surface area contributed by atoms with Crippen LogP contribution in [0.2, 0.25) is 0 Å². The van der Waals surface area contributed by atoms with Crippen molar-refractivity contribution < 1.29 is 14.3 Å². The molecule has 3 rings (SSSR count). The number of hydrogen-bond donors (Lipinski definition) is 2. The molecule has 2 aromatic carbocycles. The SMILES string of the molecule is CCN(CCNC(=O)c1ccc2c(c1)OCC(=O)N2)c1cccc(C)c1. The molecule has 136 valence electrons. The fourth-order valence-electron chi connectivity index (χ4n) is 2.92. The number of carbonyl (C=O) groups is 2. The Hall–Kier alpha value is -3.02. The van der Waals surface area contributed by atoms with Crippen molar-refractivity contribution in [3.05, 3.63) is 53.6 Å². The number of fused-ring (bicyclic) bond motifs is 1. The van der Waals surface area contributed by atoms with Gasteiger partial charge in [-0.1, -0.05) is 12.1 Å². The van der Waals surface area contributed by atoms with Gasteiger partial charge < -0.3 is 20.3 Å². The van der Waals surface area contributed by atoms with Crippen LogP contribution in [0.25, 0.3) is 0 Å². The van der Waals surface area contributed by atoms with Crippen molar-refractivity contribution in [1.29, 1.82) is 0 Å². The molecule has 1 aliphatic rings. The van der Waals surface area contributed by atoms with E-state index < -0.39 is 0 Å². The first-order chi connectivity index (χ1) is 12.6. The molecule has 0 spiro atoms. The second kappa shape index (κ2) is 7.91. The van der Waals surface area contributed by atoms with Crippen LogP contribution in [-0.4, -0.2) is 38.1 Å². The first kappa shape index (κ1) is 17.8. The Morgan fingerprint density at radius 1 is 1.27 bits per heavy atom. The van der Waals surface area contributed by atoms with Crippen molar-refractivity contribution >= 4 is 23.2 Å². The molecule has 1 aliphatic heterocycles. The summed E-state index contributed by atoms with van der Waals surface area (Å²) < 4.78 is 5.36. The van der Waals surface area contributed by atoms with E-state index in [0.29, 0.717) is 23.5 Å². The van der Waals surface area contributed by atoms with Gasteiger partial charge in [-0.15, -0.1) is 0 Å². The lowest BCUT2D eigenvalue weighted by molar-refractivity contribution is -0.118. The number of nitrogens with zero attached hydrogens (tertiary/aromatic N) is 1. The Morgan fingerprint density at radius 2 is 2.12 bits per heavy atom. The monoisotopic (exact) mass is 353 g/mol. The maximum atomic E-state index is 12.4. The minimum Gasteiger partial charge on any atom is -0.482 e. The van der Waals surface area contributed by atoms with Gasteiger partial charge in [-0.3, -0.25) is 9.59 Å². The minimum absolute atomic E-state index is 0.0278. The quantitative estimate of drug-likeness (QED) is 0.837. The smallest absolute Gasteiger partial charge is 0.262 e. The third kappa shape index (κ3) is 4.14. The van der Waals surface area contributed by atoms with Gasteiger partial charge in [0.2, 0.25) is 0 Å². The van der Waals surface area contributed by atoms with Gasteiger partial charge in [0.1, 0.15) is 5.75 Å². The minimum atomic E-state index is -0.189. The van der Waals surface area contributed by atoms with E-state index in [1.165, 1.54) is 5.56 Å². The summed E-state index contributed by atoms with van der Waals surface area (Å²) in [5.74, 6) is 0.172. The first-order valence-corrected chi connectivity index (χ1v) is 8.73. The van der Waals surface area contributed by atoms with Crippen LogP contribution in [0.3, 0.4) is 0 Å². The number of likely N-dealkylation sites (N-methyl/N-ethyl adjacent to an activating group) is 1. The molecular weight excluding hydrogens is 330 g/mol. The van der Waals surface area contributed by atoms with E-state index in [2.05, 4.69) is 47.6 Å². The molecule has 26 heavy (non-hydrogen) atoms. The Kier molecular flexibility index (Phi) is 5.41. The summed E-state index contributed by atoms with van der Waals surface area (Å²) in [6.45, 7) is 6.27. The van der Waals surface area contributed by atoms with Crippen molar-refractivity contribution in [3.63, 3.8) is 0 Å². The predicted octanol–water partition coefficient (Wildman–Crippen LogP) is 2.58. The molecule has 1 heterocycles. The van der Waals surface area contributed by atoms with Crippen LogP contribution in [0.1, 0.15) is 22.8 Å². The third-order valence-electron chi connectivity index (χ3n) is 4.29. The number of carbonyl (C=O) groups excluding carboxylic acids is 2. The lowest BCUT2D eigenvalue weighted by Gasteiger charge is -2.23. The molecule has 2 amide bonds. The molecule has 2 aromatic rings. The highest BCUT2D eigenvalue weighted by atomic mass is 16.5. The molecule has 0 fully saturated rings. The number of amides is 2. The lowest BCUT2D eigenvalue weighted by Crippen LogP contribution is -2.35. The van der Waals surface area contributed by atoms with E-state index >= 15 is 0 Å². The fraction of sp³-hybridized carbons (Fsp3) is 0.300. The molecule has 2 N–H and O–H groups in total. The van der Waals surface area contributed by atoms with E-state index in [0.717, 1.165) is 18.8 Å². The summed E-state index contributed by atoms with van der Waals surface area (Å²) in [6.07, 6.45) is 0. The molecule has 6 heteroatoms. The van der Waals surface area contributed by atoms with Gasteiger partial charge in [0.05, 0.1) is 5.69 Å². The van der Waals surface area contributed by atoms with Crippen LogP contribution in [0.15, 0.2) is 42.5 Å². The highest BCUT2D eigenvalue weighted by Gasteiger charge is 2.17. The molecule has 0 aromatic heterocycles. The van der Waals surface area contributed by atoms with Gasteiger partial charge in [-0.25, -0.2) is 0 Å². The van der Waals surface area contributed by atoms with Gasteiger partial charge in [-0.05, 0) is 49.7 Å². The summed E-state index contributed by atoms with van der Waals surface area (Å²) in [4.78, 5) is 25.9. The maximum Gasteiger partial charge on any atom is 0.262 e. The second-order valence-corrected chi connectivity index (χ2v) is 6.22. The number of aryl methyl sites for hydroxylation is 1. The molecular formula is C20H23N3O3.